The Kier molecular flexibility index (Phi) is 6.68. The molecule has 2 N–H and O–H groups in total. The zero-order chi connectivity index (χ0) is 24.6. The predicted octanol–water partition coefficient (Wildman–Crippen LogP) is 5.80. The van der Waals surface area contributed by atoms with E-state index in [0.717, 1.165) is 11.1 Å². The van der Waals surface area contributed by atoms with Gasteiger partial charge in [-0.25, -0.2) is 9.97 Å². The first-order chi connectivity index (χ1) is 15.3. The Morgan fingerprint density at radius 1 is 1.03 bits per heavy atom. The molecule has 1 amide bonds. The summed E-state index contributed by atoms with van der Waals surface area (Å²) in [4.78, 5) is 22.0. The van der Waals surface area contributed by atoms with Crippen molar-refractivity contribution in [2.75, 3.05) is 12.8 Å². The largest absolute Gasteiger partial charge is 0.416 e. The molecule has 0 aliphatic carbocycles. The van der Waals surface area contributed by atoms with E-state index in [4.69, 9.17) is 5.73 Å². The summed E-state index contributed by atoms with van der Waals surface area (Å²) < 4.78 is 79.4. The lowest BCUT2D eigenvalue weighted by atomic mass is 10.0. The van der Waals surface area contributed by atoms with Gasteiger partial charge in [0.05, 0.1) is 22.4 Å². The first-order valence-corrected chi connectivity index (χ1v) is 9.98. The third kappa shape index (κ3) is 5.62. The van der Waals surface area contributed by atoms with Gasteiger partial charge in [0.1, 0.15) is 0 Å². The minimum absolute atomic E-state index is 0.0263. The van der Waals surface area contributed by atoms with Crippen LogP contribution in [0.4, 0.5) is 32.3 Å². The van der Waals surface area contributed by atoms with E-state index in [1.807, 2.05) is 0 Å². The van der Waals surface area contributed by atoms with Gasteiger partial charge in [0.15, 0.2) is 0 Å². The van der Waals surface area contributed by atoms with Gasteiger partial charge >= 0.3 is 12.4 Å². The van der Waals surface area contributed by atoms with Crippen molar-refractivity contribution in [3.8, 4) is 11.3 Å². The van der Waals surface area contributed by atoms with Gasteiger partial charge in [-0.2, -0.15) is 26.3 Å². The first kappa shape index (κ1) is 24.5. The van der Waals surface area contributed by atoms with Crippen LogP contribution < -0.4 is 5.73 Å². The SMILES string of the molecule is CN(Cc1cc(C(F)(F)F)cc(C(F)(F)F)c1)C(=O)c1cnc(N)nc1-c1ccccc1Br. The van der Waals surface area contributed by atoms with Crippen molar-refractivity contribution in [3.63, 3.8) is 0 Å². The summed E-state index contributed by atoms with van der Waals surface area (Å²) in [6.07, 6.45) is -8.82. The van der Waals surface area contributed by atoms with Crippen molar-refractivity contribution in [3.05, 3.63) is 75.4 Å². The van der Waals surface area contributed by atoms with E-state index in [2.05, 4.69) is 25.9 Å². The summed E-state index contributed by atoms with van der Waals surface area (Å²) in [6.45, 7) is -0.522. The number of amides is 1. The molecular formula is C21H15BrF6N4O. The molecule has 2 aromatic carbocycles. The number of nitrogens with zero attached hydrogens (tertiary/aromatic N) is 3. The van der Waals surface area contributed by atoms with Crippen LogP contribution in [0.5, 0.6) is 0 Å². The normalized spacial score (nSPS) is 12.0. The van der Waals surface area contributed by atoms with E-state index < -0.39 is 35.9 Å². The third-order valence-electron chi connectivity index (χ3n) is 4.58. The number of hydrogen-bond acceptors (Lipinski definition) is 4. The molecule has 0 aliphatic rings. The van der Waals surface area contributed by atoms with Crippen molar-refractivity contribution < 1.29 is 31.1 Å². The number of hydrogen-bond donors (Lipinski definition) is 1. The van der Waals surface area contributed by atoms with Crippen molar-refractivity contribution in [2.24, 2.45) is 0 Å². The molecule has 0 fully saturated rings. The highest BCUT2D eigenvalue weighted by Gasteiger charge is 2.37. The lowest BCUT2D eigenvalue weighted by Gasteiger charge is -2.21. The number of anilines is 1. The molecule has 0 saturated heterocycles. The summed E-state index contributed by atoms with van der Waals surface area (Å²) in [5.74, 6) is -0.834. The van der Waals surface area contributed by atoms with Crippen LogP contribution in [0, 0.1) is 0 Å². The topological polar surface area (TPSA) is 72.1 Å². The molecule has 0 unspecified atom stereocenters. The van der Waals surface area contributed by atoms with Crippen LogP contribution in [-0.2, 0) is 18.9 Å². The van der Waals surface area contributed by atoms with E-state index in [0.29, 0.717) is 22.2 Å². The van der Waals surface area contributed by atoms with Gasteiger partial charge in [-0.1, -0.05) is 34.1 Å². The molecule has 0 radical (unpaired) electrons. The fraction of sp³-hybridized carbons (Fsp3) is 0.190. The zero-order valence-electron chi connectivity index (χ0n) is 16.8. The van der Waals surface area contributed by atoms with Crippen LogP contribution in [0.25, 0.3) is 11.3 Å². The minimum Gasteiger partial charge on any atom is -0.368 e. The van der Waals surface area contributed by atoms with E-state index in [9.17, 15) is 31.1 Å². The van der Waals surface area contributed by atoms with Crippen molar-refractivity contribution in [1.82, 2.24) is 14.9 Å². The fourth-order valence-electron chi connectivity index (χ4n) is 3.07. The molecule has 0 bridgehead atoms. The second kappa shape index (κ2) is 9.00. The summed E-state index contributed by atoms with van der Waals surface area (Å²) in [6, 6.07) is 7.97. The average Bonchev–Trinajstić information content (AvgIpc) is 2.72. The van der Waals surface area contributed by atoms with Crippen LogP contribution >= 0.6 is 15.9 Å². The molecule has 5 nitrogen and oxygen atoms in total. The molecule has 174 valence electrons. The Bertz CT molecular complexity index is 1160. The Morgan fingerprint density at radius 2 is 1.61 bits per heavy atom. The maximum atomic E-state index is 13.1. The van der Waals surface area contributed by atoms with Crippen LogP contribution in [0.15, 0.2) is 53.1 Å². The minimum atomic E-state index is -4.99. The van der Waals surface area contributed by atoms with E-state index in [-0.39, 0.29) is 28.8 Å². The van der Waals surface area contributed by atoms with Gasteiger partial charge in [-0.05, 0) is 29.8 Å². The van der Waals surface area contributed by atoms with E-state index in [1.165, 1.54) is 7.05 Å². The standard InChI is InChI=1S/C21H15BrF6N4O/c1-32(10-11-6-12(20(23,24)25)8-13(7-11)21(26,27)28)18(33)15-9-30-19(29)31-17(15)14-4-2-3-5-16(14)22/h2-9H,10H2,1H3,(H2,29,30,31). The Labute approximate surface area is 192 Å². The molecule has 33 heavy (non-hydrogen) atoms. The van der Waals surface area contributed by atoms with Crippen molar-refractivity contribution >= 4 is 27.8 Å². The summed E-state index contributed by atoms with van der Waals surface area (Å²) in [7, 11) is 1.25. The highest BCUT2D eigenvalue weighted by molar-refractivity contribution is 9.10. The number of alkyl halides is 6. The first-order valence-electron chi connectivity index (χ1n) is 9.18. The van der Waals surface area contributed by atoms with Gasteiger partial charge in [0, 0.05) is 29.8 Å². The molecule has 1 aromatic heterocycles. The number of carbonyl (C=O) groups excluding carboxylic acids is 1. The number of aromatic nitrogens is 2. The number of halogens is 7. The monoisotopic (exact) mass is 532 g/mol. The second-order valence-electron chi connectivity index (χ2n) is 7.05. The number of rotatable bonds is 4. The number of nitrogens with two attached hydrogens (primary N) is 1. The van der Waals surface area contributed by atoms with Gasteiger partial charge in [-0.15, -0.1) is 0 Å². The zero-order valence-corrected chi connectivity index (χ0v) is 18.4. The van der Waals surface area contributed by atoms with Crippen LogP contribution in [0.1, 0.15) is 27.0 Å². The molecule has 0 aliphatic heterocycles. The smallest absolute Gasteiger partial charge is 0.368 e. The Balaban J connectivity index is 1.99. The van der Waals surface area contributed by atoms with Crippen LogP contribution in [0.3, 0.4) is 0 Å². The van der Waals surface area contributed by atoms with E-state index >= 15 is 0 Å². The Hall–Kier alpha value is -3.15. The summed E-state index contributed by atoms with van der Waals surface area (Å²) in [5, 5.41) is 0. The van der Waals surface area contributed by atoms with Crippen molar-refractivity contribution in [1.29, 1.82) is 0 Å². The number of carbonyl (C=O) groups is 1. The van der Waals surface area contributed by atoms with Crippen LogP contribution in [0.2, 0.25) is 0 Å². The predicted molar refractivity (Wildman–Crippen MR) is 112 cm³/mol. The fourth-order valence-corrected chi connectivity index (χ4v) is 3.55. The lowest BCUT2D eigenvalue weighted by molar-refractivity contribution is -0.143. The number of benzene rings is 2. The summed E-state index contributed by atoms with van der Waals surface area (Å²) >= 11 is 3.35. The Morgan fingerprint density at radius 3 is 2.15 bits per heavy atom. The quantitative estimate of drug-likeness (QED) is 0.431. The summed E-state index contributed by atoms with van der Waals surface area (Å²) in [5.41, 5.74) is 3.03. The molecule has 0 atom stereocenters. The molecule has 0 saturated carbocycles. The van der Waals surface area contributed by atoms with Gasteiger partial charge in [-0.3, -0.25) is 4.79 Å². The molecule has 12 heteroatoms. The highest BCUT2D eigenvalue weighted by Crippen LogP contribution is 2.37. The third-order valence-corrected chi connectivity index (χ3v) is 5.27. The van der Waals surface area contributed by atoms with Gasteiger partial charge in [0.2, 0.25) is 5.95 Å². The molecular weight excluding hydrogens is 518 g/mol. The molecule has 3 aromatic rings. The van der Waals surface area contributed by atoms with Gasteiger partial charge in [0.25, 0.3) is 5.91 Å². The highest BCUT2D eigenvalue weighted by atomic mass is 79.9. The molecule has 0 spiro atoms. The maximum absolute atomic E-state index is 13.1. The molecule has 3 rings (SSSR count). The second-order valence-corrected chi connectivity index (χ2v) is 7.90. The average molecular weight is 533 g/mol. The van der Waals surface area contributed by atoms with Crippen molar-refractivity contribution in [2.45, 2.75) is 18.9 Å². The molecule has 1 heterocycles. The lowest BCUT2D eigenvalue weighted by Crippen LogP contribution is -2.28. The van der Waals surface area contributed by atoms with Crippen LogP contribution in [-0.4, -0.2) is 27.8 Å². The van der Waals surface area contributed by atoms with Gasteiger partial charge < -0.3 is 10.6 Å². The van der Waals surface area contributed by atoms with E-state index in [1.54, 1.807) is 24.3 Å². The maximum Gasteiger partial charge on any atom is 0.416 e. The number of nitrogen functional groups attached to an aromatic ring is 1.